The minimum Gasteiger partial charge on any atom is -0.378 e. The van der Waals surface area contributed by atoms with Crippen LogP contribution in [-0.2, 0) is 37.5 Å². The summed E-state index contributed by atoms with van der Waals surface area (Å²) in [6, 6.07) is 4.67. The number of benzene rings is 1. The highest BCUT2D eigenvalue weighted by Crippen LogP contribution is 2.31. The molecule has 0 bridgehead atoms. The molecule has 4 heterocycles. The van der Waals surface area contributed by atoms with E-state index in [0.29, 0.717) is 56.1 Å². The number of rotatable bonds is 4. The smallest absolute Gasteiger partial charge is 0.378 e. The summed E-state index contributed by atoms with van der Waals surface area (Å²) in [7, 11) is 1.95. The van der Waals surface area contributed by atoms with Gasteiger partial charge in [0.1, 0.15) is 11.6 Å². The number of fused-ring (bicyclic) bond motifs is 1. The molecule has 0 atom stereocenters. The number of nitrogens with one attached hydrogen (secondary N) is 1. The van der Waals surface area contributed by atoms with Crippen LogP contribution in [0.15, 0.2) is 29.1 Å². The lowest BCUT2D eigenvalue weighted by molar-refractivity contribution is -0.137. The number of ether oxygens (including phenoxy) is 1. The minimum absolute atomic E-state index is 0.258. The Labute approximate surface area is 200 Å². The molecule has 1 aromatic carbocycles. The number of aromatic amines is 1. The zero-order valence-corrected chi connectivity index (χ0v) is 19.7. The van der Waals surface area contributed by atoms with E-state index in [1.54, 1.807) is 0 Å². The largest absolute Gasteiger partial charge is 0.416 e. The van der Waals surface area contributed by atoms with Crippen LogP contribution in [-0.4, -0.2) is 57.5 Å². The van der Waals surface area contributed by atoms with Gasteiger partial charge in [0.15, 0.2) is 0 Å². The van der Waals surface area contributed by atoms with Crippen molar-refractivity contribution < 1.29 is 17.9 Å². The van der Waals surface area contributed by atoms with Crippen LogP contribution in [0.2, 0.25) is 0 Å². The SMILES string of the molecule is Cc1nn(C)c(N2CCOCC2)c1CN1CCc2nc(-c3ccc(C(F)(F)F)cc3)[nH]c(=O)c2C1. The Hall–Kier alpha value is -3.18. The van der Waals surface area contributed by atoms with Gasteiger partial charge in [0, 0.05) is 57.3 Å². The second-order valence-corrected chi connectivity index (χ2v) is 8.99. The van der Waals surface area contributed by atoms with Gasteiger partial charge in [0.05, 0.1) is 35.7 Å². The lowest BCUT2D eigenvalue weighted by Crippen LogP contribution is -2.39. The fraction of sp³-hybridized carbons (Fsp3) is 0.458. The molecule has 35 heavy (non-hydrogen) atoms. The number of morpholine rings is 1. The number of aryl methyl sites for hydroxylation is 2. The van der Waals surface area contributed by atoms with Gasteiger partial charge in [-0.2, -0.15) is 18.3 Å². The summed E-state index contributed by atoms with van der Waals surface area (Å²) in [4.78, 5) is 24.8. The molecule has 5 rings (SSSR count). The van der Waals surface area contributed by atoms with Gasteiger partial charge in [-0.15, -0.1) is 0 Å². The molecule has 0 unspecified atom stereocenters. The Bertz CT molecular complexity index is 1280. The Kier molecular flexibility index (Phi) is 6.14. The molecule has 8 nitrogen and oxygen atoms in total. The Morgan fingerprint density at radius 3 is 2.51 bits per heavy atom. The van der Waals surface area contributed by atoms with Gasteiger partial charge in [0.25, 0.3) is 5.56 Å². The van der Waals surface area contributed by atoms with Crippen molar-refractivity contribution in [1.82, 2.24) is 24.6 Å². The first-order valence-corrected chi connectivity index (χ1v) is 11.6. The molecule has 3 aromatic rings. The second-order valence-electron chi connectivity index (χ2n) is 8.99. The molecule has 0 aliphatic carbocycles. The van der Waals surface area contributed by atoms with Crippen LogP contribution in [0.25, 0.3) is 11.4 Å². The molecule has 1 N–H and O–H groups in total. The summed E-state index contributed by atoms with van der Waals surface area (Å²) in [5.41, 5.74) is 2.84. The van der Waals surface area contributed by atoms with E-state index in [-0.39, 0.29) is 11.4 Å². The van der Waals surface area contributed by atoms with Gasteiger partial charge in [-0.05, 0) is 19.1 Å². The lowest BCUT2D eigenvalue weighted by Gasteiger charge is -2.32. The summed E-state index contributed by atoms with van der Waals surface area (Å²) in [5.74, 6) is 1.37. The zero-order valence-electron chi connectivity index (χ0n) is 19.7. The average molecular weight is 489 g/mol. The Balaban J connectivity index is 1.37. The molecular formula is C24H27F3N6O2. The quantitative estimate of drug-likeness (QED) is 0.609. The normalized spacial score (nSPS) is 17.0. The Morgan fingerprint density at radius 2 is 1.83 bits per heavy atom. The van der Waals surface area contributed by atoms with Crippen molar-refractivity contribution in [3.63, 3.8) is 0 Å². The zero-order chi connectivity index (χ0) is 24.7. The number of hydrogen-bond donors (Lipinski definition) is 1. The third kappa shape index (κ3) is 4.70. The molecule has 1 saturated heterocycles. The predicted octanol–water partition coefficient (Wildman–Crippen LogP) is 2.89. The number of halogens is 3. The molecule has 2 aliphatic rings. The molecule has 0 spiro atoms. The second kappa shape index (κ2) is 9.12. The van der Waals surface area contributed by atoms with Gasteiger partial charge in [0.2, 0.25) is 0 Å². The molecule has 0 amide bonds. The number of H-pyrrole nitrogens is 1. The fourth-order valence-corrected chi connectivity index (χ4v) is 4.84. The topological polar surface area (TPSA) is 79.3 Å². The molecule has 2 aliphatic heterocycles. The van der Waals surface area contributed by atoms with Crippen LogP contribution in [0, 0.1) is 6.92 Å². The van der Waals surface area contributed by atoms with Crippen molar-refractivity contribution in [1.29, 1.82) is 0 Å². The molecule has 2 aromatic heterocycles. The summed E-state index contributed by atoms with van der Waals surface area (Å²) in [5, 5.41) is 4.64. The van der Waals surface area contributed by atoms with Crippen molar-refractivity contribution >= 4 is 5.82 Å². The van der Waals surface area contributed by atoms with E-state index in [4.69, 9.17) is 4.74 Å². The number of anilines is 1. The monoisotopic (exact) mass is 488 g/mol. The number of nitrogens with zero attached hydrogens (tertiary/aromatic N) is 5. The summed E-state index contributed by atoms with van der Waals surface area (Å²) < 4.78 is 46.0. The van der Waals surface area contributed by atoms with Crippen molar-refractivity contribution in [2.45, 2.75) is 32.6 Å². The summed E-state index contributed by atoms with van der Waals surface area (Å²) in [6.45, 7) is 6.81. The van der Waals surface area contributed by atoms with Crippen molar-refractivity contribution in [3.8, 4) is 11.4 Å². The maximum Gasteiger partial charge on any atom is 0.416 e. The highest BCUT2D eigenvalue weighted by atomic mass is 19.4. The first-order chi connectivity index (χ1) is 16.7. The van der Waals surface area contributed by atoms with E-state index in [0.717, 1.165) is 42.3 Å². The lowest BCUT2D eigenvalue weighted by atomic mass is 10.0. The highest BCUT2D eigenvalue weighted by Gasteiger charge is 2.30. The molecule has 1 fully saturated rings. The van der Waals surface area contributed by atoms with Gasteiger partial charge >= 0.3 is 6.18 Å². The van der Waals surface area contributed by atoms with Crippen LogP contribution < -0.4 is 10.5 Å². The maximum atomic E-state index is 12.9. The van der Waals surface area contributed by atoms with Crippen molar-refractivity contribution in [2.24, 2.45) is 7.05 Å². The first-order valence-electron chi connectivity index (χ1n) is 11.6. The molecule has 0 radical (unpaired) electrons. The van der Waals surface area contributed by atoms with Gasteiger partial charge in [-0.1, -0.05) is 12.1 Å². The summed E-state index contributed by atoms with van der Waals surface area (Å²) >= 11 is 0. The van der Waals surface area contributed by atoms with Crippen LogP contribution in [0.5, 0.6) is 0 Å². The third-order valence-corrected chi connectivity index (χ3v) is 6.64. The predicted molar refractivity (Wildman–Crippen MR) is 124 cm³/mol. The molecule has 11 heteroatoms. The number of hydrogen-bond acceptors (Lipinski definition) is 6. The number of aromatic nitrogens is 4. The standard InChI is InChI=1S/C24H27F3N6O2/c1-15-18(23(31(2)30-15)33-9-11-35-12-10-33)13-32-8-7-20-19(14-32)22(34)29-21(28-20)16-3-5-17(6-4-16)24(25,26)27/h3-6H,7-14H2,1-2H3,(H,28,29,34). The van der Waals surface area contributed by atoms with Gasteiger partial charge in [-0.3, -0.25) is 14.4 Å². The molecule has 186 valence electrons. The van der Waals surface area contributed by atoms with Crippen LogP contribution in [0.3, 0.4) is 0 Å². The van der Waals surface area contributed by atoms with E-state index < -0.39 is 11.7 Å². The van der Waals surface area contributed by atoms with Crippen molar-refractivity contribution in [3.05, 3.63) is 62.7 Å². The third-order valence-electron chi connectivity index (χ3n) is 6.64. The summed E-state index contributed by atoms with van der Waals surface area (Å²) in [6.07, 6.45) is -3.83. The minimum atomic E-state index is -4.41. The van der Waals surface area contributed by atoms with Crippen LogP contribution >= 0.6 is 0 Å². The van der Waals surface area contributed by atoms with E-state index in [1.807, 2.05) is 18.7 Å². The van der Waals surface area contributed by atoms with Gasteiger partial charge in [-0.25, -0.2) is 4.98 Å². The van der Waals surface area contributed by atoms with Crippen molar-refractivity contribution in [2.75, 3.05) is 37.7 Å². The Morgan fingerprint density at radius 1 is 1.11 bits per heavy atom. The van der Waals surface area contributed by atoms with E-state index in [1.165, 1.54) is 12.1 Å². The van der Waals surface area contributed by atoms with E-state index in [9.17, 15) is 18.0 Å². The van der Waals surface area contributed by atoms with Crippen LogP contribution in [0.4, 0.5) is 19.0 Å². The average Bonchev–Trinajstić information content (AvgIpc) is 3.11. The van der Waals surface area contributed by atoms with E-state index >= 15 is 0 Å². The highest BCUT2D eigenvalue weighted by molar-refractivity contribution is 5.56. The van der Waals surface area contributed by atoms with E-state index in [2.05, 4.69) is 24.9 Å². The first kappa shape index (κ1) is 23.6. The molecular weight excluding hydrogens is 461 g/mol. The maximum absolute atomic E-state index is 12.9. The molecule has 0 saturated carbocycles. The van der Waals surface area contributed by atoms with Gasteiger partial charge < -0.3 is 14.6 Å². The fourth-order valence-electron chi connectivity index (χ4n) is 4.84. The number of alkyl halides is 3. The van der Waals surface area contributed by atoms with Crippen LogP contribution in [0.1, 0.15) is 28.1 Å².